The van der Waals surface area contributed by atoms with Gasteiger partial charge in [-0.05, 0) is 21.8 Å². The summed E-state index contributed by atoms with van der Waals surface area (Å²) in [6.45, 7) is 4.33. The Labute approximate surface area is 90.7 Å². The Morgan fingerprint density at radius 3 is 2.85 bits per heavy atom. The highest BCUT2D eigenvalue weighted by atomic mass is 79.9. The highest BCUT2D eigenvalue weighted by Crippen LogP contribution is 2.25. The van der Waals surface area contributed by atoms with Crippen molar-refractivity contribution in [2.45, 2.75) is 26.7 Å². The molecule has 0 aliphatic rings. The van der Waals surface area contributed by atoms with Crippen molar-refractivity contribution in [2.24, 2.45) is 5.92 Å². The molecular weight excluding hydrogens is 248 g/mol. The summed E-state index contributed by atoms with van der Waals surface area (Å²) in [6, 6.07) is 2.13. The van der Waals surface area contributed by atoms with Crippen molar-refractivity contribution >= 4 is 27.3 Å². The van der Waals surface area contributed by atoms with Gasteiger partial charge in [0.05, 0.1) is 22.4 Å². The van der Waals surface area contributed by atoms with Gasteiger partial charge in [0.2, 0.25) is 0 Å². The summed E-state index contributed by atoms with van der Waals surface area (Å²) in [5.74, 6) is 0.619. The summed E-state index contributed by atoms with van der Waals surface area (Å²) in [5.41, 5.74) is 0. The van der Waals surface area contributed by atoms with E-state index in [1.54, 1.807) is 11.3 Å². The minimum atomic E-state index is 0.455. The van der Waals surface area contributed by atoms with Gasteiger partial charge in [-0.2, -0.15) is 5.26 Å². The standard InChI is InChI=1S/C9H11BrN2S/c1-6(2)5-8-12-9(10)7(13-8)3-4-11/h6H,3,5H2,1-2H3. The number of nitrogens with zero attached hydrogens (tertiary/aromatic N) is 2. The highest BCUT2D eigenvalue weighted by molar-refractivity contribution is 9.10. The van der Waals surface area contributed by atoms with Crippen LogP contribution in [0.25, 0.3) is 0 Å². The number of halogens is 1. The van der Waals surface area contributed by atoms with Gasteiger partial charge < -0.3 is 0 Å². The first-order valence-electron chi connectivity index (χ1n) is 4.14. The van der Waals surface area contributed by atoms with Gasteiger partial charge in [0.15, 0.2) is 0 Å². The molecule has 0 atom stereocenters. The Bertz CT molecular complexity index is 325. The highest BCUT2D eigenvalue weighted by Gasteiger charge is 2.09. The van der Waals surface area contributed by atoms with Crippen LogP contribution in [0.3, 0.4) is 0 Å². The number of thiazole rings is 1. The second-order valence-corrected chi connectivity index (χ2v) is 5.17. The maximum absolute atomic E-state index is 8.54. The van der Waals surface area contributed by atoms with Gasteiger partial charge in [-0.3, -0.25) is 0 Å². The minimum absolute atomic E-state index is 0.455. The van der Waals surface area contributed by atoms with E-state index in [1.807, 2.05) is 0 Å². The van der Waals surface area contributed by atoms with Crippen LogP contribution in [-0.4, -0.2) is 4.98 Å². The molecule has 70 valence electrons. The zero-order chi connectivity index (χ0) is 9.84. The molecule has 4 heteroatoms. The van der Waals surface area contributed by atoms with E-state index in [9.17, 15) is 0 Å². The van der Waals surface area contributed by atoms with Crippen molar-refractivity contribution in [3.63, 3.8) is 0 Å². The van der Waals surface area contributed by atoms with Gasteiger partial charge in [-0.15, -0.1) is 11.3 Å². The van der Waals surface area contributed by atoms with Crippen LogP contribution in [0.1, 0.15) is 23.7 Å². The summed E-state index contributed by atoms with van der Waals surface area (Å²) in [5, 5.41) is 9.66. The van der Waals surface area contributed by atoms with Gasteiger partial charge in [0, 0.05) is 6.42 Å². The average molecular weight is 259 g/mol. The molecule has 0 unspecified atom stereocenters. The maximum atomic E-state index is 8.54. The van der Waals surface area contributed by atoms with Crippen LogP contribution in [-0.2, 0) is 12.8 Å². The van der Waals surface area contributed by atoms with Crippen LogP contribution in [0.15, 0.2) is 4.60 Å². The minimum Gasteiger partial charge on any atom is -0.234 e. The molecule has 0 saturated carbocycles. The van der Waals surface area contributed by atoms with Crippen molar-refractivity contribution in [2.75, 3.05) is 0 Å². The molecule has 0 spiro atoms. The molecule has 0 aliphatic heterocycles. The Hall–Kier alpha value is -0.400. The summed E-state index contributed by atoms with van der Waals surface area (Å²) in [7, 11) is 0. The molecule has 1 aromatic heterocycles. The molecule has 0 radical (unpaired) electrons. The second kappa shape index (κ2) is 4.73. The van der Waals surface area contributed by atoms with E-state index < -0.39 is 0 Å². The quantitative estimate of drug-likeness (QED) is 0.835. The van der Waals surface area contributed by atoms with Crippen molar-refractivity contribution in [1.82, 2.24) is 4.98 Å². The Morgan fingerprint density at radius 2 is 2.31 bits per heavy atom. The molecule has 0 saturated heterocycles. The fourth-order valence-electron chi connectivity index (χ4n) is 0.996. The number of hydrogen-bond acceptors (Lipinski definition) is 3. The smallest absolute Gasteiger partial charge is 0.121 e. The number of nitriles is 1. The summed E-state index contributed by atoms with van der Waals surface area (Å²) in [4.78, 5) is 5.39. The Balaban J connectivity index is 2.77. The van der Waals surface area contributed by atoms with Gasteiger partial charge in [-0.1, -0.05) is 13.8 Å². The lowest BCUT2D eigenvalue weighted by Crippen LogP contribution is -1.91. The molecule has 2 nitrogen and oxygen atoms in total. The Morgan fingerprint density at radius 1 is 1.62 bits per heavy atom. The summed E-state index contributed by atoms with van der Waals surface area (Å²) < 4.78 is 0.842. The van der Waals surface area contributed by atoms with Gasteiger partial charge >= 0.3 is 0 Å². The van der Waals surface area contributed by atoms with E-state index in [1.165, 1.54) is 0 Å². The van der Waals surface area contributed by atoms with Crippen LogP contribution < -0.4 is 0 Å². The van der Waals surface area contributed by atoms with Crippen LogP contribution in [0.5, 0.6) is 0 Å². The number of hydrogen-bond donors (Lipinski definition) is 0. The molecule has 13 heavy (non-hydrogen) atoms. The predicted molar refractivity (Wildman–Crippen MR) is 57.7 cm³/mol. The largest absolute Gasteiger partial charge is 0.234 e. The lowest BCUT2D eigenvalue weighted by molar-refractivity contribution is 0.644. The van der Waals surface area contributed by atoms with E-state index >= 15 is 0 Å². The zero-order valence-corrected chi connectivity index (χ0v) is 10.1. The van der Waals surface area contributed by atoms with Crippen molar-refractivity contribution in [3.8, 4) is 6.07 Å². The second-order valence-electron chi connectivity index (χ2n) is 3.25. The van der Waals surface area contributed by atoms with Gasteiger partial charge in [0.25, 0.3) is 0 Å². The van der Waals surface area contributed by atoms with E-state index in [0.717, 1.165) is 20.9 Å². The summed E-state index contributed by atoms with van der Waals surface area (Å²) in [6.07, 6.45) is 1.45. The molecular formula is C9H11BrN2S. The lowest BCUT2D eigenvalue weighted by atomic mass is 10.1. The first kappa shape index (κ1) is 10.7. The van der Waals surface area contributed by atoms with Crippen molar-refractivity contribution in [1.29, 1.82) is 5.26 Å². The molecule has 1 aromatic rings. The SMILES string of the molecule is CC(C)Cc1nc(Br)c(CC#N)s1. The zero-order valence-electron chi connectivity index (χ0n) is 7.67. The topological polar surface area (TPSA) is 36.7 Å². The van der Waals surface area contributed by atoms with E-state index in [0.29, 0.717) is 12.3 Å². The molecule has 0 aliphatic carbocycles. The number of rotatable bonds is 3. The fraction of sp³-hybridized carbons (Fsp3) is 0.556. The first-order valence-corrected chi connectivity index (χ1v) is 5.75. The van der Waals surface area contributed by atoms with Crippen LogP contribution >= 0.6 is 27.3 Å². The van der Waals surface area contributed by atoms with Crippen LogP contribution in [0, 0.1) is 17.2 Å². The summed E-state index contributed by atoms with van der Waals surface area (Å²) >= 11 is 4.99. The molecule has 0 N–H and O–H groups in total. The lowest BCUT2D eigenvalue weighted by Gasteiger charge is -1.97. The van der Waals surface area contributed by atoms with Gasteiger partial charge in [0.1, 0.15) is 4.60 Å². The number of aromatic nitrogens is 1. The van der Waals surface area contributed by atoms with E-state index in [-0.39, 0.29) is 0 Å². The van der Waals surface area contributed by atoms with E-state index in [2.05, 4.69) is 40.8 Å². The average Bonchev–Trinajstić information content (AvgIpc) is 2.31. The maximum Gasteiger partial charge on any atom is 0.121 e. The Kier molecular flexibility index (Phi) is 3.89. The molecule has 1 heterocycles. The first-order chi connectivity index (χ1) is 6.13. The fourth-order valence-corrected chi connectivity index (χ4v) is 2.82. The normalized spacial score (nSPS) is 10.4. The van der Waals surface area contributed by atoms with Crippen LogP contribution in [0.2, 0.25) is 0 Å². The molecule has 0 bridgehead atoms. The predicted octanol–water partition coefficient (Wildman–Crippen LogP) is 3.17. The molecule has 0 amide bonds. The third kappa shape index (κ3) is 3.09. The third-order valence-electron chi connectivity index (χ3n) is 1.52. The molecule has 0 fully saturated rings. The monoisotopic (exact) mass is 258 g/mol. The molecule has 0 aromatic carbocycles. The van der Waals surface area contributed by atoms with Crippen molar-refractivity contribution < 1.29 is 0 Å². The van der Waals surface area contributed by atoms with Crippen molar-refractivity contribution in [3.05, 3.63) is 14.5 Å². The molecule has 1 rings (SSSR count). The van der Waals surface area contributed by atoms with E-state index in [4.69, 9.17) is 5.26 Å². The third-order valence-corrected chi connectivity index (χ3v) is 3.51. The van der Waals surface area contributed by atoms with Crippen LogP contribution in [0.4, 0.5) is 0 Å². The van der Waals surface area contributed by atoms with Gasteiger partial charge in [-0.25, -0.2) is 4.98 Å².